The second-order valence-corrected chi connectivity index (χ2v) is 7.31. The highest BCUT2D eigenvalue weighted by molar-refractivity contribution is 5.62. The molecule has 0 aromatic heterocycles. The van der Waals surface area contributed by atoms with E-state index in [-0.39, 0.29) is 45.6 Å². The quantitative estimate of drug-likeness (QED) is 0.160. The van der Waals surface area contributed by atoms with Crippen LogP contribution in [-0.2, 0) is 0 Å². The highest BCUT2D eigenvalue weighted by atomic mass is 19.2. The highest BCUT2D eigenvalue weighted by Gasteiger charge is 2.36. The van der Waals surface area contributed by atoms with Crippen LogP contribution in [0, 0.1) is 29.1 Å². The number of benzene rings is 3. The van der Waals surface area contributed by atoms with E-state index in [2.05, 4.69) is 0 Å². The molecule has 6 nitrogen and oxygen atoms in total. The summed E-state index contributed by atoms with van der Waals surface area (Å²) in [5, 5.41) is 0. The molecule has 0 bridgehead atoms. The molecule has 0 unspecified atom stereocenters. The van der Waals surface area contributed by atoms with E-state index in [1.807, 2.05) is 0 Å². The molecule has 3 rings (SSSR count). The summed E-state index contributed by atoms with van der Waals surface area (Å²) in [4.78, 5) is 0. The minimum absolute atomic E-state index is 0.0103. The molecule has 3 aromatic carbocycles. The number of methoxy groups -OCH3 is 6. The molecule has 0 amide bonds. The van der Waals surface area contributed by atoms with Crippen molar-refractivity contribution in [3.05, 3.63) is 70.0 Å². The fourth-order valence-electron chi connectivity index (χ4n) is 3.91. The van der Waals surface area contributed by atoms with Crippen LogP contribution in [0.5, 0.6) is 34.5 Å². The van der Waals surface area contributed by atoms with Crippen LogP contribution in [0.15, 0.2) is 24.3 Å². The lowest BCUT2D eigenvalue weighted by Crippen LogP contribution is -2.16. The molecule has 0 N–H and O–H groups in total. The summed E-state index contributed by atoms with van der Waals surface area (Å²) >= 11 is 0. The summed E-state index contributed by atoms with van der Waals surface area (Å²) in [6.45, 7) is 0. The van der Waals surface area contributed by atoms with Crippen LogP contribution in [-0.4, -0.2) is 42.7 Å². The standard InChI is InChI=1S/C25H23F5O6/c1-31-13-9-17(35-5)15(33-3)7-11(13)19(20-21(26)23(28)25(30)24(29)22(20)27)12-8-16(34-4)18(36-6)10-14(12)32-2/h7-10,19H,1-6H3. The SMILES string of the molecule is COc1cc(OC)c(C(c2cc(OC)c(OC)cc2OC)c2c(F)c(F)c(F)c(F)c2F)cc1OC. The summed E-state index contributed by atoms with van der Waals surface area (Å²) in [6, 6.07) is 5.36. The predicted octanol–water partition coefficient (Wildman–Crippen LogP) is 5.61. The van der Waals surface area contributed by atoms with Crippen LogP contribution >= 0.6 is 0 Å². The molecule has 0 aliphatic rings. The monoisotopic (exact) mass is 514 g/mol. The molecule has 0 aliphatic carbocycles. The van der Waals surface area contributed by atoms with E-state index < -0.39 is 40.6 Å². The molecule has 0 radical (unpaired) electrons. The average molecular weight is 514 g/mol. The lowest BCUT2D eigenvalue weighted by molar-refractivity contribution is 0.343. The number of hydrogen-bond donors (Lipinski definition) is 0. The molecule has 0 atom stereocenters. The Hall–Kier alpha value is -3.89. The summed E-state index contributed by atoms with van der Waals surface area (Å²) in [7, 11) is 7.89. The minimum atomic E-state index is -2.29. The Kier molecular flexibility index (Phi) is 8.01. The van der Waals surface area contributed by atoms with E-state index in [0.29, 0.717) is 0 Å². The van der Waals surface area contributed by atoms with Crippen LogP contribution in [0.4, 0.5) is 22.0 Å². The van der Waals surface area contributed by atoms with E-state index in [1.165, 1.54) is 66.9 Å². The van der Waals surface area contributed by atoms with Gasteiger partial charge >= 0.3 is 0 Å². The first-order valence-corrected chi connectivity index (χ1v) is 10.3. The van der Waals surface area contributed by atoms with Gasteiger partial charge in [0.2, 0.25) is 5.82 Å². The van der Waals surface area contributed by atoms with E-state index in [0.717, 1.165) is 0 Å². The van der Waals surface area contributed by atoms with Crippen LogP contribution in [0.3, 0.4) is 0 Å². The van der Waals surface area contributed by atoms with E-state index in [9.17, 15) is 13.2 Å². The fourth-order valence-corrected chi connectivity index (χ4v) is 3.91. The van der Waals surface area contributed by atoms with Crippen LogP contribution in [0.1, 0.15) is 22.6 Å². The zero-order valence-electron chi connectivity index (χ0n) is 20.2. The van der Waals surface area contributed by atoms with Crippen LogP contribution in [0.2, 0.25) is 0 Å². The van der Waals surface area contributed by atoms with Gasteiger partial charge in [-0.25, -0.2) is 22.0 Å². The van der Waals surface area contributed by atoms with Gasteiger partial charge in [-0.2, -0.15) is 0 Å². The first-order chi connectivity index (χ1) is 17.2. The normalized spacial score (nSPS) is 10.9. The fraction of sp³-hybridized carbons (Fsp3) is 0.280. The molecule has 194 valence electrons. The molecule has 0 saturated heterocycles. The van der Waals surface area contributed by atoms with Crippen molar-refractivity contribution < 1.29 is 50.4 Å². The zero-order valence-corrected chi connectivity index (χ0v) is 20.2. The molecule has 11 heteroatoms. The van der Waals surface area contributed by atoms with Crippen LogP contribution in [0.25, 0.3) is 0 Å². The molecule has 0 aliphatic heterocycles. The molecular weight excluding hydrogens is 491 g/mol. The summed E-state index contributed by atoms with van der Waals surface area (Å²) < 4.78 is 105. The van der Waals surface area contributed by atoms with Gasteiger partial charge in [-0.15, -0.1) is 0 Å². The largest absolute Gasteiger partial charge is 0.496 e. The second kappa shape index (κ2) is 10.8. The third-order valence-corrected chi connectivity index (χ3v) is 5.63. The van der Waals surface area contributed by atoms with Gasteiger partial charge in [0.25, 0.3) is 0 Å². The van der Waals surface area contributed by atoms with Crippen molar-refractivity contribution in [3.63, 3.8) is 0 Å². The van der Waals surface area contributed by atoms with Gasteiger partial charge in [0.05, 0.1) is 42.7 Å². The highest BCUT2D eigenvalue weighted by Crippen LogP contribution is 2.49. The maximum Gasteiger partial charge on any atom is 0.200 e. The average Bonchev–Trinajstić information content (AvgIpc) is 2.91. The van der Waals surface area contributed by atoms with Crippen LogP contribution < -0.4 is 28.4 Å². The van der Waals surface area contributed by atoms with Gasteiger partial charge in [0.15, 0.2) is 46.3 Å². The van der Waals surface area contributed by atoms with Gasteiger partial charge in [-0.3, -0.25) is 0 Å². The van der Waals surface area contributed by atoms with E-state index in [1.54, 1.807) is 0 Å². The lowest BCUT2D eigenvalue weighted by atomic mass is 9.82. The van der Waals surface area contributed by atoms with Crippen molar-refractivity contribution in [1.82, 2.24) is 0 Å². The second-order valence-electron chi connectivity index (χ2n) is 7.31. The van der Waals surface area contributed by atoms with Gasteiger partial charge in [-0.05, 0) is 12.1 Å². The zero-order chi connectivity index (χ0) is 26.7. The topological polar surface area (TPSA) is 55.4 Å². The first kappa shape index (κ1) is 26.7. The maximum absolute atomic E-state index is 15.2. The summed E-state index contributed by atoms with van der Waals surface area (Å²) in [5.74, 6) is -11.5. The van der Waals surface area contributed by atoms with Crippen molar-refractivity contribution >= 4 is 0 Å². The summed E-state index contributed by atoms with van der Waals surface area (Å²) in [6.07, 6.45) is 0. The Labute approximate surface area is 204 Å². The number of ether oxygens (including phenoxy) is 6. The van der Waals surface area contributed by atoms with Crippen molar-refractivity contribution in [2.75, 3.05) is 42.7 Å². The molecule has 0 heterocycles. The van der Waals surface area contributed by atoms with Gasteiger partial charge in [0.1, 0.15) is 11.5 Å². The third kappa shape index (κ3) is 4.40. The molecule has 36 heavy (non-hydrogen) atoms. The van der Waals surface area contributed by atoms with Crippen molar-refractivity contribution in [2.24, 2.45) is 0 Å². The molecule has 0 spiro atoms. The number of halogens is 5. The Balaban J connectivity index is 2.55. The van der Waals surface area contributed by atoms with Crippen molar-refractivity contribution in [1.29, 1.82) is 0 Å². The lowest BCUT2D eigenvalue weighted by Gasteiger charge is -2.26. The Morgan fingerprint density at radius 2 is 0.694 bits per heavy atom. The van der Waals surface area contributed by atoms with E-state index >= 15 is 8.78 Å². The predicted molar refractivity (Wildman–Crippen MR) is 119 cm³/mol. The summed E-state index contributed by atoms with van der Waals surface area (Å²) in [5.41, 5.74) is -1.16. The van der Waals surface area contributed by atoms with Crippen molar-refractivity contribution in [3.8, 4) is 34.5 Å². The smallest absolute Gasteiger partial charge is 0.200 e. The number of hydrogen-bond acceptors (Lipinski definition) is 6. The van der Waals surface area contributed by atoms with Gasteiger partial charge in [-0.1, -0.05) is 0 Å². The Morgan fingerprint density at radius 1 is 0.417 bits per heavy atom. The maximum atomic E-state index is 15.2. The Morgan fingerprint density at radius 3 is 1.00 bits per heavy atom. The molecular formula is C25H23F5O6. The number of rotatable bonds is 9. The van der Waals surface area contributed by atoms with Gasteiger partial charge in [0, 0.05) is 34.7 Å². The first-order valence-electron chi connectivity index (χ1n) is 10.3. The third-order valence-electron chi connectivity index (χ3n) is 5.63. The minimum Gasteiger partial charge on any atom is -0.496 e. The Bertz CT molecular complexity index is 1190. The van der Waals surface area contributed by atoms with Crippen molar-refractivity contribution in [2.45, 2.75) is 5.92 Å². The van der Waals surface area contributed by atoms with Gasteiger partial charge < -0.3 is 28.4 Å². The molecule has 0 saturated carbocycles. The molecule has 0 fully saturated rings. The molecule has 3 aromatic rings. The van der Waals surface area contributed by atoms with E-state index in [4.69, 9.17) is 28.4 Å².